The number of ether oxygens (including phenoxy) is 2. The minimum atomic E-state index is -0.702. The topological polar surface area (TPSA) is 38.7 Å². The van der Waals surface area contributed by atoms with Gasteiger partial charge in [0.25, 0.3) is 0 Å². The van der Waals surface area contributed by atoms with E-state index in [1.54, 1.807) is 14.2 Å². The average molecular weight is 280 g/mol. The molecule has 0 saturated carbocycles. The molecule has 0 fully saturated rings. The lowest BCUT2D eigenvalue weighted by molar-refractivity contribution is 0.0396. The predicted molar refractivity (Wildman–Crippen MR) is 82.6 cm³/mol. The highest BCUT2D eigenvalue weighted by Gasteiger charge is 2.24. The van der Waals surface area contributed by atoms with Gasteiger partial charge >= 0.3 is 0 Å². The van der Waals surface area contributed by atoms with Crippen molar-refractivity contribution in [2.45, 2.75) is 52.6 Å². The fraction of sp³-hybridized carbons (Fsp3) is 0.647. The summed E-state index contributed by atoms with van der Waals surface area (Å²) >= 11 is 0. The number of methoxy groups -OCH3 is 2. The Kier molecular flexibility index (Phi) is 5.46. The van der Waals surface area contributed by atoms with Gasteiger partial charge in [0.05, 0.1) is 19.8 Å². The van der Waals surface area contributed by atoms with Gasteiger partial charge in [0.1, 0.15) is 0 Å². The molecule has 0 radical (unpaired) electrons. The van der Waals surface area contributed by atoms with Crippen molar-refractivity contribution < 1.29 is 14.6 Å². The first-order valence-corrected chi connectivity index (χ1v) is 7.10. The zero-order valence-electron chi connectivity index (χ0n) is 13.6. The average Bonchev–Trinajstić information content (AvgIpc) is 2.35. The SMILES string of the molecule is COc1ccc(CC(C)(O)CCC(C)(C)C)cc1OC. The van der Waals surface area contributed by atoms with E-state index < -0.39 is 5.60 Å². The summed E-state index contributed by atoms with van der Waals surface area (Å²) in [5.74, 6) is 1.42. The van der Waals surface area contributed by atoms with Crippen LogP contribution in [0.15, 0.2) is 18.2 Å². The molecular weight excluding hydrogens is 252 g/mol. The predicted octanol–water partition coefficient (Wildman–Crippen LogP) is 3.82. The monoisotopic (exact) mass is 280 g/mol. The van der Waals surface area contributed by atoms with Gasteiger partial charge in [-0.05, 0) is 42.9 Å². The van der Waals surface area contributed by atoms with Gasteiger partial charge in [-0.3, -0.25) is 0 Å². The molecule has 0 bridgehead atoms. The van der Waals surface area contributed by atoms with Gasteiger partial charge < -0.3 is 14.6 Å². The Morgan fingerprint density at radius 2 is 1.55 bits per heavy atom. The van der Waals surface area contributed by atoms with Gasteiger partial charge in [0, 0.05) is 6.42 Å². The third-order valence-corrected chi connectivity index (χ3v) is 3.45. The summed E-state index contributed by atoms with van der Waals surface area (Å²) in [4.78, 5) is 0. The van der Waals surface area contributed by atoms with E-state index in [4.69, 9.17) is 9.47 Å². The van der Waals surface area contributed by atoms with Gasteiger partial charge in [-0.15, -0.1) is 0 Å². The quantitative estimate of drug-likeness (QED) is 0.861. The Morgan fingerprint density at radius 3 is 2.05 bits per heavy atom. The minimum Gasteiger partial charge on any atom is -0.493 e. The fourth-order valence-corrected chi connectivity index (χ4v) is 2.16. The Bertz CT molecular complexity index is 430. The Hall–Kier alpha value is -1.22. The highest BCUT2D eigenvalue weighted by atomic mass is 16.5. The molecule has 0 aliphatic heterocycles. The number of benzene rings is 1. The van der Waals surface area contributed by atoms with Crippen LogP contribution in [0.5, 0.6) is 11.5 Å². The summed E-state index contributed by atoms with van der Waals surface area (Å²) in [6.45, 7) is 8.48. The Labute approximate surface area is 122 Å². The third kappa shape index (κ3) is 5.41. The second-order valence-corrected chi connectivity index (χ2v) is 6.92. The van der Waals surface area contributed by atoms with Crippen LogP contribution in [0.1, 0.15) is 46.1 Å². The molecule has 0 aliphatic rings. The van der Waals surface area contributed by atoms with E-state index in [-0.39, 0.29) is 5.41 Å². The van der Waals surface area contributed by atoms with E-state index in [1.807, 2.05) is 25.1 Å². The molecule has 1 N–H and O–H groups in total. The van der Waals surface area contributed by atoms with Crippen molar-refractivity contribution >= 4 is 0 Å². The molecule has 0 saturated heterocycles. The Balaban J connectivity index is 2.76. The maximum atomic E-state index is 10.5. The van der Waals surface area contributed by atoms with Crippen molar-refractivity contribution in [1.29, 1.82) is 0 Å². The lowest BCUT2D eigenvalue weighted by atomic mass is 9.83. The molecule has 0 heterocycles. The third-order valence-electron chi connectivity index (χ3n) is 3.45. The lowest BCUT2D eigenvalue weighted by Crippen LogP contribution is -2.29. The lowest BCUT2D eigenvalue weighted by Gasteiger charge is -2.28. The normalized spacial score (nSPS) is 14.8. The summed E-state index contributed by atoms with van der Waals surface area (Å²) < 4.78 is 10.5. The highest BCUT2D eigenvalue weighted by molar-refractivity contribution is 5.43. The minimum absolute atomic E-state index is 0.238. The molecule has 0 spiro atoms. The molecule has 1 aromatic carbocycles. The first kappa shape index (κ1) is 16.8. The van der Waals surface area contributed by atoms with Crippen LogP contribution in [-0.2, 0) is 6.42 Å². The van der Waals surface area contributed by atoms with Crippen molar-refractivity contribution in [1.82, 2.24) is 0 Å². The van der Waals surface area contributed by atoms with Gasteiger partial charge in [-0.25, -0.2) is 0 Å². The smallest absolute Gasteiger partial charge is 0.160 e. The molecule has 0 aliphatic carbocycles. The number of hydrogen-bond acceptors (Lipinski definition) is 3. The maximum absolute atomic E-state index is 10.5. The molecule has 1 rings (SSSR count). The molecule has 3 heteroatoms. The van der Waals surface area contributed by atoms with Crippen molar-refractivity contribution in [3.05, 3.63) is 23.8 Å². The van der Waals surface area contributed by atoms with Crippen LogP contribution in [0, 0.1) is 5.41 Å². The van der Waals surface area contributed by atoms with Crippen molar-refractivity contribution in [2.75, 3.05) is 14.2 Å². The van der Waals surface area contributed by atoms with Gasteiger partial charge in [-0.2, -0.15) is 0 Å². The van der Waals surface area contributed by atoms with Crippen molar-refractivity contribution in [3.63, 3.8) is 0 Å². The number of hydrogen-bond donors (Lipinski definition) is 1. The van der Waals surface area contributed by atoms with Gasteiger partial charge in [0.2, 0.25) is 0 Å². The molecule has 0 aromatic heterocycles. The van der Waals surface area contributed by atoms with Crippen LogP contribution in [0.2, 0.25) is 0 Å². The molecular formula is C17H28O3. The summed E-state index contributed by atoms with van der Waals surface area (Å²) in [7, 11) is 3.25. The van der Waals surface area contributed by atoms with Crippen LogP contribution in [0.25, 0.3) is 0 Å². The second kappa shape index (κ2) is 6.49. The molecule has 114 valence electrons. The van der Waals surface area contributed by atoms with E-state index in [0.29, 0.717) is 17.9 Å². The highest BCUT2D eigenvalue weighted by Crippen LogP contribution is 2.31. The van der Waals surface area contributed by atoms with Crippen LogP contribution in [0.4, 0.5) is 0 Å². The fourth-order valence-electron chi connectivity index (χ4n) is 2.16. The van der Waals surface area contributed by atoms with Gasteiger partial charge in [-0.1, -0.05) is 26.8 Å². The molecule has 1 aromatic rings. The van der Waals surface area contributed by atoms with Gasteiger partial charge in [0.15, 0.2) is 11.5 Å². The molecule has 0 amide bonds. The van der Waals surface area contributed by atoms with E-state index in [1.165, 1.54) is 0 Å². The van der Waals surface area contributed by atoms with Crippen LogP contribution < -0.4 is 9.47 Å². The largest absolute Gasteiger partial charge is 0.493 e. The molecule has 1 atom stereocenters. The second-order valence-electron chi connectivity index (χ2n) is 6.92. The Morgan fingerprint density at radius 1 is 0.950 bits per heavy atom. The number of rotatable bonds is 6. The van der Waals surface area contributed by atoms with E-state index >= 15 is 0 Å². The maximum Gasteiger partial charge on any atom is 0.160 e. The van der Waals surface area contributed by atoms with Crippen LogP contribution >= 0.6 is 0 Å². The first-order valence-electron chi connectivity index (χ1n) is 7.10. The molecule has 3 nitrogen and oxygen atoms in total. The summed E-state index contributed by atoms with van der Waals surface area (Å²) in [6, 6.07) is 5.80. The van der Waals surface area contributed by atoms with Crippen LogP contribution in [-0.4, -0.2) is 24.9 Å². The van der Waals surface area contributed by atoms with Crippen molar-refractivity contribution in [3.8, 4) is 11.5 Å². The first-order chi connectivity index (χ1) is 9.17. The summed E-state index contributed by atoms with van der Waals surface area (Å²) in [6.07, 6.45) is 2.39. The summed E-state index contributed by atoms with van der Waals surface area (Å²) in [5, 5.41) is 10.5. The zero-order valence-corrected chi connectivity index (χ0v) is 13.6. The van der Waals surface area contributed by atoms with Crippen molar-refractivity contribution in [2.24, 2.45) is 5.41 Å². The zero-order chi connectivity index (χ0) is 15.4. The standard InChI is InChI=1S/C17H28O3/c1-16(2,3)9-10-17(4,18)12-13-7-8-14(19-5)15(11-13)20-6/h7-8,11,18H,9-10,12H2,1-6H3. The molecule has 20 heavy (non-hydrogen) atoms. The molecule has 1 unspecified atom stereocenters. The summed E-state index contributed by atoms with van der Waals surface area (Å²) in [5.41, 5.74) is 0.593. The number of aliphatic hydroxyl groups is 1. The van der Waals surface area contributed by atoms with E-state index in [0.717, 1.165) is 18.4 Å². The van der Waals surface area contributed by atoms with E-state index in [2.05, 4.69) is 20.8 Å². The van der Waals surface area contributed by atoms with Crippen LogP contribution in [0.3, 0.4) is 0 Å². The van der Waals surface area contributed by atoms with E-state index in [9.17, 15) is 5.11 Å².